The Morgan fingerprint density at radius 3 is 2.84 bits per heavy atom. The molecule has 0 saturated heterocycles. The molecule has 0 aromatic heterocycles. The maximum atomic E-state index is 11.8. The summed E-state index contributed by atoms with van der Waals surface area (Å²) in [5, 5.41) is 13.3. The van der Waals surface area contributed by atoms with Crippen molar-refractivity contribution in [2.45, 2.75) is 6.42 Å². The van der Waals surface area contributed by atoms with Crippen LogP contribution in [0.1, 0.15) is 16.8 Å². The molecule has 1 aromatic carbocycles. The summed E-state index contributed by atoms with van der Waals surface area (Å²) in [4.78, 5) is 21.9. The molecule has 19 heavy (non-hydrogen) atoms. The molecule has 1 amide bonds. The highest BCUT2D eigenvalue weighted by Crippen LogP contribution is 2.28. The summed E-state index contributed by atoms with van der Waals surface area (Å²) >= 11 is 5.76. The number of hydrogen-bond acceptors (Lipinski definition) is 5. The number of methoxy groups -OCH3 is 1. The van der Waals surface area contributed by atoms with Crippen LogP contribution in [0.5, 0.6) is 0 Å². The fraction of sp³-hybridized carbons (Fsp3) is 0.364. The number of nitrogens with one attached hydrogen (secondary N) is 1. The van der Waals surface area contributed by atoms with Crippen molar-refractivity contribution in [2.75, 3.05) is 26.0 Å². The first-order valence-electron chi connectivity index (χ1n) is 5.48. The molecule has 8 heteroatoms. The van der Waals surface area contributed by atoms with Crippen molar-refractivity contribution < 1.29 is 14.5 Å². The molecule has 0 aliphatic heterocycles. The van der Waals surface area contributed by atoms with Crippen LogP contribution in [-0.2, 0) is 4.74 Å². The highest BCUT2D eigenvalue weighted by Gasteiger charge is 2.18. The van der Waals surface area contributed by atoms with Gasteiger partial charge in [-0.3, -0.25) is 14.9 Å². The number of rotatable bonds is 6. The SMILES string of the molecule is COCCCNC(=O)c1cc([N+](=O)[O-])cc(Cl)c1N. The number of nitrogens with zero attached hydrogens (tertiary/aromatic N) is 1. The summed E-state index contributed by atoms with van der Waals surface area (Å²) in [6, 6.07) is 2.21. The van der Waals surface area contributed by atoms with Crippen molar-refractivity contribution in [3.05, 3.63) is 32.8 Å². The molecule has 0 saturated carbocycles. The number of nitro groups is 1. The van der Waals surface area contributed by atoms with Crippen LogP contribution in [-0.4, -0.2) is 31.1 Å². The molecule has 0 fully saturated rings. The van der Waals surface area contributed by atoms with E-state index < -0.39 is 10.8 Å². The molecule has 0 unspecified atom stereocenters. The molecule has 0 bridgehead atoms. The Morgan fingerprint density at radius 1 is 1.58 bits per heavy atom. The van der Waals surface area contributed by atoms with E-state index in [0.29, 0.717) is 19.6 Å². The molecule has 0 aliphatic carbocycles. The lowest BCUT2D eigenvalue weighted by Crippen LogP contribution is -2.26. The van der Waals surface area contributed by atoms with Crippen molar-refractivity contribution in [2.24, 2.45) is 0 Å². The van der Waals surface area contributed by atoms with Gasteiger partial charge in [-0.1, -0.05) is 11.6 Å². The van der Waals surface area contributed by atoms with E-state index in [-0.39, 0.29) is 22.0 Å². The molecular weight excluding hydrogens is 274 g/mol. The predicted octanol–water partition coefficient (Wildman–Crippen LogP) is 1.60. The summed E-state index contributed by atoms with van der Waals surface area (Å²) in [5.41, 5.74) is 5.39. The van der Waals surface area contributed by atoms with E-state index in [9.17, 15) is 14.9 Å². The quantitative estimate of drug-likeness (QED) is 0.357. The molecule has 1 rings (SSSR count). The molecule has 0 atom stereocenters. The van der Waals surface area contributed by atoms with Gasteiger partial charge in [-0.25, -0.2) is 0 Å². The van der Waals surface area contributed by atoms with Crippen LogP contribution in [0.25, 0.3) is 0 Å². The lowest BCUT2D eigenvalue weighted by molar-refractivity contribution is -0.384. The lowest BCUT2D eigenvalue weighted by Gasteiger charge is -2.08. The average molecular weight is 288 g/mol. The first-order valence-corrected chi connectivity index (χ1v) is 5.85. The van der Waals surface area contributed by atoms with Gasteiger partial charge in [0.25, 0.3) is 11.6 Å². The zero-order valence-electron chi connectivity index (χ0n) is 10.3. The Hall–Kier alpha value is -1.86. The minimum Gasteiger partial charge on any atom is -0.397 e. The second-order valence-corrected chi connectivity index (χ2v) is 4.16. The van der Waals surface area contributed by atoms with Gasteiger partial charge < -0.3 is 15.8 Å². The summed E-state index contributed by atoms with van der Waals surface area (Å²) in [5.74, 6) is -0.501. The van der Waals surface area contributed by atoms with Crippen LogP contribution >= 0.6 is 11.6 Å². The molecule has 104 valence electrons. The Labute approximate surface area is 114 Å². The maximum absolute atomic E-state index is 11.8. The van der Waals surface area contributed by atoms with Crippen LogP contribution < -0.4 is 11.1 Å². The van der Waals surface area contributed by atoms with Gasteiger partial charge in [-0.2, -0.15) is 0 Å². The lowest BCUT2D eigenvalue weighted by atomic mass is 10.1. The van der Waals surface area contributed by atoms with Crippen LogP contribution in [0.4, 0.5) is 11.4 Å². The summed E-state index contributed by atoms with van der Waals surface area (Å²) in [6.07, 6.45) is 0.630. The standard InChI is InChI=1S/C11H14ClN3O4/c1-19-4-2-3-14-11(16)8-5-7(15(17)18)6-9(12)10(8)13/h5-6H,2-4,13H2,1H3,(H,14,16). The van der Waals surface area contributed by atoms with Gasteiger partial charge in [0.2, 0.25) is 0 Å². The molecular formula is C11H14ClN3O4. The number of nitro benzene ring substituents is 1. The third-order valence-corrected chi connectivity index (χ3v) is 2.69. The average Bonchev–Trinajstić information content (AvgIpc) is 2.37. The largest absolute Gasteiger partial charge is 0.397 e. The highest BCUT2D eigenvalue weighted by atomic mass is 35.5. The molecule has 3 N–H and O–H groups in total. The van der Waals surface area contributed by atoms with Crippen molar-refractivity contribution in [3.63, 3.8) is 0 Å². The predicted molar refractivity (Wildman–Crippen MR) is 71.3 cm³/mol. The van der Waals surface area contributed by atoms with Crippen LogP contribution in [0.3, 0.4) is 0 Å². The first-order chi connectivity index (χ1) is 8.97. The number of amides is 1. The fourth-order valence-corrected chi connectivity index (χ4v) is 1.62. The number of nitrogens with two attached hydrogens (primary N) is 1. The van der Waals surface area contributed by atoms with Crippen LogP contribution in [0.2, 0.25) is 5.02 Å². The minimum absolute atomic E-state index is 0.00313. The summed E-state index contributed by atoms with van der Waals surface area (Å²) < 4.78 is 4.84. The van der Waals surface area contributed by atoms with Crippen molar-refractivity contribution in [1.29, 1.82) is 0 Å². The Kier molecular flexibility index (Phi) is 5.53. The third-order valence-electron chi connectivity index (χ3n) is 2.38. The van der Waals surface area contributed by atoms with E-state index in [2.05, 4.69) is 5.32 Å². The number of anilines is 1. The second-order valence-electron chi connectivity index (χ2n) is 3.75. The number of nitrogen functional groups attached to an aromatic ring is 1. The Balaban J connectivity index is 2.86. The van der Waals surface area contributed by atoms with E-state index in [4.69, 9.17) is 22.1 Å². The zero-order valence-corrected chi connectivity index (χ0v) is 11.1. The first kappa shape index (κ1) is 15.2. The smallest absolute Gasteiger partial charge is 0.271 e. The molecule has 1 aromatic rings. The number of carbonyl (C=O) groups excluding carboxylic acids is 1. The van der Waals surface area contributed by atoms with Gasteiger partial charge in [0.05, 0.1) is 21.2 Å². The molecule has 7 nitrogen and oxygen atoms in total. The van der Waals surface area contributed by atoms with E-state index in [1.165, 1.54) is 0 Å². The minimum atomic E-state index is -0.632. The van der Waals surface area contributed by atoms with E-state index in [1.54, 1.807) is 7.11 Å². The monoisotopic (exact) mass is 287 g/mol. The number of halogens is 1. The fourth-order valence-electron chi connectivity index (χ4n) is 1.41. The van der Waals surface area contributed by atoms with Crippen molar-refractivity contribution >= 4 is 28.9 Å². The van der Waals surface area contributed by atoms with Gasteiger partial charge in [-0.05, 0) is 6.42 Å². The molecule has 0 aliphatic rings. The summed E-state index contributed by atoms with van der Waals surface area (Å²) in [6.45, 7) is 0.887. The van der Waals surface area contributed by atoms with Crippen molar-refractivity contribution in [3.8, 4) is 0 Å². The highest BCUT2D eigenvalue weighted by molar-refractivity contribution is 6.34. The van der Waals surface area contributed by atoms with Gasteiger partial charge in [0, 0.05) is 32.4 Å². The van der Waals surface area contributed by atoms with Gasteiger partial charge >= 0.3 is 0 Å². The van der Waals surface area contributed by atoms with Gasteiger partial charge in [0.1, 0.15) is 0 Å². The number of carbonyl (C=O) groups is 1. The molecule has 0 radical (unpaired) electrons. The van der Waals surface area contributed by atoms with Crippen LogP contribution in [0.15, 0.2) is 12.1 Å². The maximum Gasteiger partial charge on any atom is 0.271 e. The topological polar surface area (TPSA) is 107 Å². The zero-order chi connectivity index (χ0) is 14.4. The Bertz CT molecular complexity index is 493. The number of non-ortho nitro benzene ring substituents is 1. The molecule has 0 spiro atoms. The van der Waals surface area contributed by atoms with E-state index >= 15 is 0 Å². The van der Waals surface area contributed by atoms with E-state index in [1.807, 2.05) is 0 Å². The third kappa shape index (κ3) is 4.08. The van der Waals surface area contributed by atoms with Gasteiger partial charge in [-0.15, -0.1) is 0 Å². The number of ether oxygens (including phenoxy) is 1. The van der Waals surface area contributed by atoms with Crippen LogP contribution in [0, 0.1) is 10.1 Å². The van der Waals surface area contributed by atoms with E-state index in [0.717, 1.165) is 12.1 Å². The Morgan fingerprint density at radius 2 is 2.26 bits per heavy atom. The number of hydrogen-bond donors (Lipinski definition) is 2. The normalized spacial score (nSPS) is 10.2. The summed E-state index contributed by atoms with van der Waals surface area (Å²) in [7, 11) is 1.56. The van der Waals surface area contributed by atoms with Crippen molar-refractivity contribution in [1.82, 2.24) is 5.32 Å². The van der Waals surface area contributed by atoms with Gasteiger partial charge in [0.15, 0.2) is 0 Å². The molecule has 0 heterocycles. The number of benzene rings is 1. The second kappa shape index (κ2) is 6.91.